The fraction of sp³-hybridized carbons (Fsp3) is 0.400. The molecule has 0 aliphatic heterocycles. The molecule has 0 rings (SSSR count). The zero-order chi connectivity index (χ0) is 7.33. The van der Waals surface area contributed by atoms with Gasteiger partial charge in [0.25, 0.3) is 0 Å². The minimum Gasteiger partial charge on any atom is -0.215 e. The van der Waals surface area contributed by atoms with Crippen LogP contribution in [-0.4, -0.2) is 15.5 Å². The second-order valence-electron chi connectivity index (χ2n) is 1.41. The summed E-state index contributed by atoms with van der Waals surface area (Å²) in [6, 6.07) is 0. The summed E-state index contributed by atoms with van der Waals surface area (Å²) >= 11 is 0. The molecule has 53 valence electrons. The van der Waals surface area contributed by atoms with Crippen molar-refractivity contribution in [3.8, 4) is 0 Å². The first-order valence-electron chi connectivity index (χ1n) is 2.51. The molecule has 0 aromatic rings. The Morgan fingerprint density at radius 3 is 2.56 bits per heavy atom. The van der Waals surface area contributed by atoms with E-state index in [2.05, 4.69) is 11.6 Å². The summed E-state index contributed by atoms with van der Waals surface area (Å²) < 4.78 is 23.2. The molecule has 9 heavy (non-hydrogen) atoms. The van der Waals surface area contributed by atoms with E-state index in [0.717, 1.165) is 5.41 Å². The molecule has 0 aliphatic carbocycles. The van der Waals surface area contributed by atoms with E-state index in [1.54, 1.807) is 0 Å². The van der Waals surface area contributed by atoms with Gasteiger partial charge in [-0.2, -0.15) is 0 Å². The van der Waals surface area contributed by atoms with Crippen LogP contribution in [-0.2, 0) is 10.0 Å². The highest BCUT2D eigenvalue weighted by Crippen LogP contribution is 1.86. The van der Waals surface area contributed by atoms with Crippen LogP contribution in [0.1, 0.15) is 6.42 Å². The summed E-state index contributed by atoms with van der Waals surface area (Å²) in [5, 5.41) is 1.10. The number of hydrogen-bond donors (Lipinski definition) is 1. The normalized spacial score (nSPS) is 12.7. The minimum atomic E-state index is -3.15. The van der Waals surface area contributed by atoms with Crippen molar-refractivity contribution in [1.82, 2.24) is 4.72 Å². The first-order valence-corrected chi connectivity index (χ1v) is 4.06. The van der Waals surface area contributed by atoms with Gasteiger partial charge in [-0.3, -0.25) is 0 Å². The number of nitrogens with one attached hydrogen (secondary N) is 1. The van der Waals surface area contributed by atoms with E-state index in [-0.39, 0.29) is 0 Å². The Labute approximate surface area is 55.8 Å². The summed E-state index contributed by atoms with van der Waals surface area (Å²) in [6.07, 6.45) is 1.97. The molecule has 1 N–H and O–H groups in total. The lowest BCUT2D eigenvalue weighted by Crippen LogP contribution is -2.14. The molecule has 0 atom stereocenters. The van der Waals surface area contributed by atoms with E-state index < -0.39 is 10.0 Å². The molecule has 0 saturated carbocycles. The van der Waals surface area contributed by atoms with Crippen LogP contribution in [0.15, 0.2) is 11.5 Å². The first-order chi connectivity index (χ1) is 4.12. The molecule has 0 aromatic carbocycles. The number of hydrogen-bond acceptors (Lipinski definition) is 2. The molecular weight excluding hydrogens is 138 g/mol. The van der Waals surface area contributed by atoms with Crippen LogP contribution in [0.25, 0.3) is 0 Å². The van der Waals surface area contributed by atoms with E-state index in [1.165, 1.54) is 13.1 Å². The quantitative estimate of drug-likeness (QED) is 0.624. The molecule has 0 saturated heterocycles. The van der Waals surface area contributed by atoms with Gasteiger partial charge in [-0.25, -0.2) is 13.1 Å². The lowest BCUT2D eigenvalue weighted by atomic mass is 10.5. The van der Waals surface area contributed by atoms with Gasteiger partial charge in [0.2, 0.25) is 10.0 Å². The fourth-order valence-corrected chi connectivity index (χ4v) is 0.788. The highest BCUT2D eigenvalue weighted by atomic mass is 32.2. The summed E-state index contributed by atoms with van der Waals surface area (Å²) in [5.74, 6) is 0. The maximum Gasteiger partial charge on any atom is 0.233 e. The Hall–Kier alpha value is -0.350. The van der Waals surface area contributed by atoms with Gasteiger partial charge >= 0.3 is 0 Å². The van der Waals surface area contributed by atoms with Crippen LogP contribution < -0.4 is 4.72 Å². The summed E-state index contributed by atoms with van der Waals surface area (Å²) in [7, 11) is -1.79. The molecule has 0 fully saturated rings. The van der Waals surface area contributed by atoms with Crippen LogP contribution in [0, 0.1) is 6.92 Å². The van der Waals surface area contributed by atoms with Crippen LogP contribution in [0.2, 0.25) is 0 Å². The molecular formula is C5H10NO2S. The van der Waals surface area contributed by atoms with Crippen LogP contribution >= 0.6 is 0 Å². The Bertz CT molecular complexity index is 181. The van der Waals surface area contributed by atoms with Crippen molar-refractivity contribution in [3.63, 3.8) is 0 Å². The van der Waals surface area contributed by atoms with E-state index in [9.17, 15) is 8.42 Å². The summed E-state index contributed by atoms with van der Waals surface area (Å²) in [6.45, 7) is 3.44. The van der Waals surface area contributed by atoms with Gasteiger partial charge in [0, 0.05) is 5.41 Å². The van der Waals surface area contributed by atoms with Gasteiger partial charge in [-0.15, -0.1) is 0 Å². The molecule has 3 nitrogen and oxygen atoms in total. The zero-order valence-electron chi connectivity index (χ0n) is 5.29. The largest absolute Gasteiger partial charge is 0.233 e. The first kappa shape index (κ1) is 8.65. The van der Waals surface area contributed by atoms with Gasteiger partial charge < -0.3 is 0 Å². The third-order valence-electron chi connectivity index (χ3n) is 0.727. The van der Waals surface area contributed by atoms with Gasteiger partial charge in [-0.05, 0) is 20.4 Å². The second kappa shape index (κ2) is 3.63. The zero-order valence-corrected chi connectivity index (χ0v) is 6.11. The Balaban J connectivity index is 4.04. The van der Waals surface area contributed by atoms with Crippen molar-refractivity contribution >= 4 is 10.0 Å². The van der Waals surface area contributed by atoms with E-state index >= 15 is 0 Å². The monoisotopic (exact) mass is 148 g/mol. The topological polar surface area (TPSA) is 46.2 Å². The molecule has 0 aromatic heterocycles. The molecule has 0 unspecified atom stereocenters. The minimum absolute atomic E-state index is 0.487. The standard InChI is InChI=1S/C5H10NO2S/c1-3-4-5-9(7,8)6-2/h4-6H,1,3H2,2H3/b5-4+. The molecule has 0 spiro atoms. The summed E-state index contributed by atoms with van der Waals surface area (Å²) in [5.41, 5.74) is 0. The Morgan fingerprint density at radius 2 is 2.22 bits per heavy atom. The van der Waals surface area contributed by atoms with E-state index in [4.69, 9.17) is 0 Å². The van der Waals surface area contributed by atoms with Crippen LogP contribution in [0.5, 0.6) is 0 Å². The van der Waals surface area contributed by atoms with Crippen molar-refractivity contribution in [2.75, 3.05) is 7.05 Å². The smallest absolute Gasteiger partial charge is 0.215 e. The molecule has 0 heterocycles. The lowest BCUT2D eigenvalue weighted by molar-refractivity contribution is 0.597. The molecule has 0 bridgehead atoms. The van der Waals surface area contributed by atoms with Crippen molar-refractivity contribution in [3.05, 3.63) is 18.4 Å². The fourth-order valence-electron chi connectivity index (χ4n) is 0.263. The van der Waals surface area contributed by atoms with Crippen molar-refractivity contribution in [2.24, 2.45) is 0 Å². The number of sulfonamides is 1. The van der Waals surface area contributed by atoms with Crippen molar-refractivity contribution in [1.29, 1.82) is 0 Å². The van der Waals surface area contributed by atoms with Crippen molar-refractivity contribution < 1.29 is 8.42 Å². The maximum atomic E-state index is 10.5. The SMILES string of the molecule is [CH2]C/C=C/S(=O)(=O)NC. The average molecular weight is 148 g/mol. The maximum absolute atomic E-state index is 10.5. The predicted molar refractivity (Wildman–Crippen MR) is 37.1 cm³/mol. The van der Waals surface area contributed by atoms with Gasteiger partial charge in [0.15, 0.2) is 0 Å². The highest BCUT2D eigenvalue weighted by molar-refractivity contribution is 7.92. The van der Waals surface area contributed by atoms with Crippen molar-refractivity contribution in [2.45, 2.75) is 6.42 Å². The van der Waals surface area contributed by atoms with Crippen LogP contribution in [0.3, 0.4) is 0 Å². The molecule has 4 heteroatoms. The van der Waals surface area contributed by atoms with Gasteiger partial charge in [-0.1, -0.05) is 6.08 Å². The number of allylic oxidation sites excluding steroid dienone is 1. The second-order valence-corrected chi connectivity index (χ2v) is 3.18. The Morgan fingerprint density at radius 1 is 1.67 bits per heavy atom. The van der Waals surface area contributed by atoms with Gasteiger partial charge in [0.05, 0.1) is 0 Å². The van der Waals surface area contributed by atoms with Gasteiger partial charge in [0.1, 0.15) is 0 Å². The summed E-state index contributed by atoms with van der Waals surface area (Å²) in [4.78, 5) is 0. The predicted octanol–water partition coefficient (Wildman–Crippen LogP) is 0.273. The number of rotatable bonds is 3. The van der Waals surface area contributed by atoms with Crippen LogP contribution in [0.4, 0.5) is 0 Å². The average Bonchev–Trinajstić information content (AvgIpc) is 1.84. The lowest BCUT2D eigenvalue weighted by Gasteiger charge is -1.90. The Kier molecular flexibility index (Phi) is 3.49. The van der Waals surface area contributed by atoms with E-state index in [1.807, 2.05) is 0 Å². The third-order valence-corrected chi connectivity index (χ3v) is 1.85. The molecule has 0 aliphatic rings. The van der Waals surface area contributed by atoms with E-state index in [0.29, 0.717) is 6.42 Å². The third kappa shape index (κ3) is 4.17. The molecule has 1 radical (unpaired) electrons. The highest BCUT2D eigenvalue weighted by Gasteiger charge is 1.95. The molecule has 0 amide bonds.